The maximum absolute atomic E-state index is 14.1. The van der Waals surface area contributed by atoms with E-state index in [1.807, 2.05) is 6.92 Å². The fraction of sp³-hybridized carbons (Fsp3) is 0.600. The van der Waals surface area contributed by atoms with E-state index < -0.39 is 36.8 Å². The zero-order valence-electron chi connectivity index (χ0n) is 12.2. The van der Waals surface area contributed by atoms with E-state index >= 15 is 0 Å². The third-order valence-electron chi connectivity index (χ3n) is 3.44. The molecule has 0 aliphatic carbocycles. The van der Waals surface area contributed by atoms with Crippen molar-refractivity contribution in [3.63, 3.8) is 0 Å². The summed E-state index contributed by atoms with van der Waals surface area (Å²) in [5, 5.41) is -0.226. The number of hydrogen-bond donors (Lipinski definition) is 0. The minimum Gasteiger partial charge on any atom is -0.206 e. The molecule has 0 bridgehead atoms. The van der Waals surface area contributed by atoms with Crippen LogP contribution in [0.4, 0.5) is 17.6 Å². The molecule has 0 heterocycles. The third-order valence-corrected chi connectivity index (χ3v) is 6.08. The van der Waals surface area contributed by atoms with Gasteiger partial charge in [-0.2, -0.15) is 0 Å². The van der Waals surface area contributed by atoms with Crippen LogP contribution in [0.3, 0.4) is 0 Å². The average molecular weight is 308 g/mol. The molecule has 114 valence electrons. The summed E-state index contributed by atoms with van der Waals surface area (Å²) < 4.78 is 54.7. The number of benzene rings is 1. The van der Waals surface area contributed by atoms with E-state index in [2.05, 4.69) is 6.92 Å². The molecule has 1 atom stereocenters. The van der Waals surface area contributed by atoms with Crippen molar-refractivity contribution in [2.45, 2.75) is 46.5 Å². The lowest BCUT2D eigenvalue weighted by atomic mass is 10.2. The van der Waals surface area contributed by atoms with Crippen LogP contribution in [-0.4, -0.2) is 12.3 Å². The highest BCUT2D eigenvalue weighted by molar-refractivity contribution is 7.65. The summed E-state index contributed by atoms with van der Waals surface area (Å²) in [4.78, 5) is 0. The lowest BCUT2D eigenvalue weighted by Gasteiger charge is -2.19. The van der Waals surface area contributed by atoms with Crippen LogP contribution in [0, 0.1) is 30.2 Å². The van der Waals surface area contributed by atoms with Gasteiger partial charge in [0, 0.05) is 5.56 Å². The molecule has 0 saturated heterocycles. The molecular formula is C15H21F4P. The molecule has 0 amide bonds. The highest BCUT2D eigenvalue weighted by Crippen LogP contribution is 2.38. The Morgan fingerprint density at radius 2 is 1.45 bits per heavy atom. The standard InChI is InChI=1S/C15H21F4P/c1-4-6-7-8-9-20(5-2)15-12(17)10(3)11(16)13(18)14(15)19/h4-9H2,1-3H3. The molecule has 1 aromatic carbocycles. The SMILES string of the molecule is CCCCCCP(CC)c1c(F)c(C)c(F)c(F)c1F. The van der Waals surface area contributed by atoms with Gasteiger partial charge in [-0.05, 0) is 25.7 Å². The Labute approximate surface area is 119 Å². The molecular weight excluding hydrogens is 287 g/mol. The minimum atomic E-state index is -1.55. The topological polar surface area (TPSA) is 0 Å². The number of unbranched alkanes of at least 4 members (excludes halogenated alkanes) is 3. The Hall–Kier alpha value is -0.630. The van der Waals surface area contributed by atoms with Crippen molar-refractivity contribution in [3.8, 4) is 0 Å². The normalized spacial score (nSPS) is 12.8. The molecule has 0 spiro atoms. The molecule has 1 unspecified atom stereocenters. The predicted octanol–water partition coefficient (Wildman–Crippen LogP) is 5.26. The Kier molecular flexibility index (Phi) is 6.94. The van der Waals surface area contributed by atoms with Crippen LogP contribution in [0.25, 0.3) is 0 Å². The van der Waals surface area contributed by atoms with E-state index in [-0.39, 0.29) is 5.30 Å². The molecule has 0 aromatic heterocycles. The van der Waals surface area contributed by atoms with Gasteiger partial charge < -0.3 is 0 Å². The van der Waals surface area contributed by atoms with E-state index in [0.717, 1.165) is 32.6 Å². The molecule has 0 radical (unpaired) electrons. The van der Waals surface area contributed by atoms with Crippen LogP contribution < -0.4 is 5.30 Å². The van der Waals surface area contributed by atoms with Crippen LogP contribution >= 0.6 is 7.92 Å². The summed E-state index contributed by atoms with van der Waals surface area (Å²) in [6.45, 7) is 5.07. The predicted molar refractivity (Wildman–Crippen MR) is 77.1 cm³/mol. The minimum absolute atomic E-state index is 0.226. The maximum atomic E-state index is 14.1. The first-order chi connectivity index (χ1) is 9.45. The Morgan fingerprint density at radius 3 is 2.00 bits per heavy atom. The van der Waals surface area contributed by atoms with Crippen LogP contribution in [0.5, 0.6) is 0 Å². The molecule has 0 aliphatic heterocycles. The Bertz CT molecular complexity index is 431. The molecule has 5 heteroatoms. The van der Waals surface area contributed by atoms with E-state index in [9.17, 15) is 17.6 Å². The average Bonchev–Trinajstić information content (AvgIpc) is 2.45. The summed E-state index contributed by atoms with van der Waals surface area (Å²) in [7, 11) is -1.11. The van der Waals surface area contributed by atoms with Gasteiger partial charge >= 0.3 is 0 Å². The van der Waals surface area contributed by atoms with Crippen LogP contribution in [0.2, 0.25) is 0 Å². The van der Waals surface area contributed by atoms with Gasteiger partial charge in [-0.25, -0.2) is 17.6 Å². The zero-order valence-corrected chi connectivity index (χ0v) is 13.1. The molecule has 1 aromatic rings. The second-order valence-electron chi connectivity index (χ2n) is 4.87. The van der Waals surface area contributed by atoms with E-state index in [0.29, 0.717) is 12.3 Å². The first kappa shape index (κ1) is 17.4. The van der Waals surface area contributed by atoms with Gasteiger partial charge in [0.25, 0.3) is 0 Å². The second-order valence-corrected chi connectivity index (χ2v) is 7.48. The largest absolute Gasteiger partial charge is 0.206 e. The molecule has 0 N–H and O–H groups in total. The number of halogens is 4. The maximum Gasteiger partial charge on any atom is 0.195 e. The van der Waals surface area contributed by atoms with Crippen LogP contribution in [0.1, 0.15) is 45.1 Å². The fourth-order valence-electron chi connectivity index (χ4n) is 2.17. The van der Waals surface area contributed by atoms with Crippen molar-refractivity contribution >= 4 is 13.2 Å². The molecule has 0 aliphatic rings. The lowest BCUT2D eigenvalue weighted by Crippen LogP contribution is -2.20. The van der Waals surface area contributed by atoms with Crippen molar-refractivity contribution in [2.75, 3.05) is 12.3 Å². The summed E-state index contributed by atoms with van der Waals surface area (Å²) in [6, 6.07) is 0. The van der Waals surface area contributed by atoms with Crippen LogP contribution in [0.15, 0.2) is 0 Å². The summed E-state index contributed by atoms with van der Waals surface area (Å²) in [5.41, 5.74) is -0.423. The highest BCUT2D eigenvalue weighted by Gasteiger charge is 2.27. The van der Waals surface area contributed by atoms with Gasteiger partial charge in [0.2, 0.25) is 0 Å². The first-order valence-electron chi connectivity index (χ1n) is 7.03. The summed E-state index contributed by atoms with van der Waals surface area (Å²) in [6.07, 6.45) is 5.25. The smallest absolute Gasteiger partial charge is 0.195 e. The fourth-order valence-corrected chi connectivity index (χ4v) is 4.45. The summed E-state index contributed by atoms with van der Waals surface area (Å²) in [5.74, 6) is -5.21. The monoisotopic (exact) mass is 308 g/mol. The number of hydrogen-bond acceptors (Lipinski definition) is 0. The van der Waals surface area contributed by atoms with Gasteiger partial charge in [0.1, 0.15) is 5.82 Å². The molecule has 0 nitrogen and oxygen atoms in total. The van der Waals surface area contributed by atoms with Crippen molar-refractivity contribution in [2.24, 2.45) is 0 Å². The highest BCUT2D eigenvalue weighted by atomic mass is 31.1. The third kappa shape index (κ3) is 3.72. The van der Waals surface area contributed by atoms with Crippen molar-refractivity contribution in [1.82, 2.24) is 0 Å². The molecule has 0 fully saturated rings. The van der Waals surface area contributed by atoms with Gasteiger partial charge in [0.15, 0.2) is 17.5 Å². The molecule has 1 rings (SSSR count). The summed E-state index contributed by atoms with van der Waals surface area (Å²) >= 11 is 0. The van der Waals surface area contributed by atoms with Crippen molar-refractivity contribution < 1.29 is 17.6 Å². The quantitative estimate of drug-likeness (QED) is 0.212. The van der Waals surface area contributed by atoms with Crippen LogP contribution in [-0.2, 0) is 0 Å². The Balaban J connectivity index is 3.03. The molecule has 20 heavy (non-hydrogen) atoms. The van der Waals surface area contributed by atoms with Crippen molar-refractivity contribution in [1.29, 1.82) is 0 Å². The van der Waals surface area contributed by atoms with Gasteiger partial charge in [-0.1, -0.05) is 41.0 Å². The molecule has 0 saturated carbocycles. The van der Waals surface area contributed by atoms with Crippen molar-refractivity contribution in [3.05, 3.63) is 28.8 Å². The van der Waals surface area contributed by atoms with E-state index in [1.165, 1.54) is 0 Å². The van der Waals surface area contributed by atoms with Gasteiger partial charge in [0.05, 0.1) is 5.30 Å². The van der Waals surface area contributed by atoms with Gasteiger partial charge in [-0.15, -0.1) is 0 Å². The first-order valence-corrected chi connectivity index (χ1v) is 8.74. The van der Waals surface area contributed by atoms with Gasteiger partial charge in [-0.3, -0.25) is 0 Å². The van der Waals surface area contributed by atoms with E-state index in [4.69, 9.17) is 0 Å². The Morgan fingerprint density at radius 1 is 0.800 bits per heavy atom. The second kappa shape index (κ2) is 7.97. The lowest BCUT2D eigenvalue weighted by molar-refractivity contribution is 0.435. The zero-order chi connectivity index (χ0) is 15.3. The number of rotatable bonds is 7. The van der Waals surface area contributed by atoms with E-state index in [1.54, 1.807) is 0 Å².